The van der Waals surface area contributed by atoms with Crippen LogP contribution in [0.1, 0.15) is 37.7 Å². The van der Waals surface area contributed by atoms with E-state index in [0.29, 0.717) is 0 Å². The van der Waals surface area contributed by atoms with Crippen LogP contribution in [0.2, 0.25) is 0 Å². The summed E-state index contributed by atoms with van der Waals surface area (Å²) in [4.78, 5) is 14.6. The highest BCUT2D eigenvalue weighted by Crippen LogP contribution is 2.32. The van der Waals surface area contributed by atoms with Gasteiger partial charge in [-0.1, -0.05) is 6.07 Å². The number of carbonyl (C=O) groups is 1. The van der Waals surface area contributed by atoms with E-state index in [1.165, 1.54) is 22.4 Å². The number of rotatable bonds is 2. The average Bonchev–Trinajstić information content (AvgIpc) is 2.93. The van der Waals surface area contributed by atoms with Gasteiger partial charge in [-0.05, 0) is 77.9 Å². The minimum Gasteiger partial charge on any atom is -0.320 e. The van der Waals surface area contributed by atoms with E-state index >= 15 is 0 Å². The van der Waals surface area contributed by atoms with E-state index in [2.05, 4.69) is 33.4 Å². The minimum atomic E-state index is -0.00273. The fourth-order valence-electron chi connectivity index (χ4n) is 2.69. The molecule has 0 aliphatic heterocycles. The Bertz CT molecular complexity index is 645. The molecule has 0 fully saturated rings. The van der Waals surface area contributed by atoms with Crippen LogP contribution >= 0.6 is 27.3 Å². The van der Waals surface area contributed by atoms with Crippen LogP contribution < -0.4 is 5.32 Å². The van der Waals surface area contributed by atoms with Gasteiger partial charge in [0.2, 0.25) is 0 Å². The molecule has 0 spiro atoms. The Morgan fingerprint density at radius 2 is 2.05 bits per heavy atom. The van der Waals surface area contributed by atoms with Gasteiger partial charge in [-0.3, -0.25) is 4.79 Å². The Kier molecular flexibility index (Phi) is 3.69. The van der Waals surface area contributed by atoms with Crippen molar-refractivity contribution in [2.75, 3.05) is 5.32 Å². The number of anilines is 1. The minimum absolute atomic E-state index is 0.00273. The van der Waals surface area contributed by atoms with Crippen molar-refractivity contribution in [3.05, 3.63) is 49.1 Å². The summed E-state index contributed by atoms with van der Waals surface area (Å²) in [5, 5.41) is 3.04. The molecule has 0 saturated heterocycles. The van der Waals surface area contributed by atoms with E-state index < -0.39 is 0 Å². The van der Waals surface area contributed by atoms with Crippen molar-refractivity contribution in [1.82, 2.24) is 0 Å². The van der Waals surface area contributed by atoms with Gasteiger partial charge in [0.05, 0.1) is 10.6 Å². The second-order valence-corrected chi connectivity index (χ2v) is 7.30. The number of hydrogen-bond donors (Lipinski definition) is 1. The van der Waals surface area contributed by atoms with Crippen molar-refractivity contribution in [3.63, 3.8) is 0 Å². The zero-order chi connectivity index (χ0) is 14.3. The van der Waals surface area contributed by atoms with Crippen molar-refractivity contribution < 1.29 is 4.79 Å². The molecule has 3 rings (SSSR count). The molecule has 1 aliphatic rings. The van der Waals surface area contributed by atoms with E-state index in [4.69, 9.17) is 0 Å². The summed E-state index contributed by atoms with van der Waals surface area (Å²) in [7, 11) is 0. The van der Waals surface area contributed by atoms with Gasteiger partial charge in [0, 0.05) is 9.35 Å². The summed E-state index contributed by atoms with van der Waals surface area (Å²) in [6.07, 6.45) is 3.47. The summed E-state index contributed by atoms with van der Waals surface area (Å²) in [5.74, 6) is -0.00273. The van der Waals surface area contributed by atoms with Crippen LogP contribution in [0.15, 0.2) is 22.7 Å². The molecule has 1 heterocycles. The number of halogens is 1. The van der Waals surface area contributed by atoms with E-state index in [9.17, 15) is 4.79 Å². The predicted molar refractivity (Wildman–Crippen MR) is 87.9 cm³/mol. The number of carbonyl (C=O) groups excluding carboxylic acids is 1. The monoisotopic (exact) mass is 349 g/mol. The fraction of sp³-hybridized carbons (Fsp3) is 0.312. The molecule has 1 aromatic heterocycles. The zero-order valence-corrected chi connectivity index (χ0v) is 14.0. The highest BCUT2D eigenvalue weighted by Gasteiger charge is 2.19. The molecule has 1 amide bonds. The zero-order valence-electron chi connectivity index (χ0n) is 11.5. The molecular weight excluding hydrogens is 334 g/mol. The van der Waals surface area contributed by atoms with Crippen LogP contribution in [0.5, 0.6) is 0 Å². The Hall–Kier alpha value is -1.13. The van der Waals surface area contributed by atoms with Gasteiger partial charge in [0.15, 0.2) is 0 Å². The first-order valence-corrected chi connectivity index (χ1v) is 8.35. The molecule has 0 radical (unpaired) electrons. The second-order valence-electron chi connectivity index (χ2n) is 5.31. The maximum Gasteiger partial charge on any atom is 0.265 e. The summed E-state index contributed by atoms with van der Waals surface area (Å²) < 4.78 is 0.937. The normalized spacial score (nSPS) is 13.3. The SMILES string of the molecule is Cc1cc(C)c(NC(=O)c2cc3c(s2)CCC3)c(Br)c1. The van der Waals surface area contributed by atoms with Crippen molar-refractivity contribution in [2.45, 2.75) is 33.1 Å². The topological polar surface area (TPSA) is 29.1 Å². The Morgan fingerprint density at radius 1 is 1.25 bits per heavy atom. The number of amides is 1. The molecule has 2 nitrogen and oxygen atoms in total. The van der Waals surface area contributed by atoms with E-state index in [-0.39, 0.29) is 5.91 Å². The highest BCUT2D eigenvalue weighted by molar-refractivity contribution is 9.10. The molecule has 4 heteroatoms. The van der Waals surface area contributed by atoms with Crippen LogP contribution in [0.4, 0.5) is 5.69 Å². The van der Waals surface area contributed by atoms with Crippen molar-refractivity contribution in [2.24, 2.45) is 0 Å². The van der Waals surface area contributed by atoms with Gasteiger partial charge in [0.1, 0.15) is 0 Å². The van der Waals surface area contributed by atoms with Crippen LogP contribution in [-0.2, 0) is 12.8 Å². The van der Waals surface area contributed by atoms with Gasteiger partial charge in [-0.15, -0.1) is 11.3 Å². The molecule has 1 N–H and O–H groups in total. The Morgan fingerprint density at radius 3 is 2.75 bits per heavy atom. The lowest BCUT2D eigenvalue weighted by Gasteiger charge is -2.11. The third-order valence-corrected chi connectivity index (χ3v) is 5.50. The first-order valence-electron chi connectivity index (χ1n) is 6.74. The van der Waals surface area contributed by atoms with E-state index in [1.54, 1.807) is 11.3 Å². The maximum absolute atomic E-state index is 12.4. The third kappa shape index (κ3) is 2.54. The number of hydrogen-bond acceptors (Lipinski definition) is 2. The molecule has 0 saturated carbocycles. The highest BCUT2D eigenvalue weighted by atomic mass is 79.9. The number of aryl methyl sites for hydroxylation is 4. The van der Waals surface area contributed by atoms with Crippen LogP contribution in [-0.4, -0.2) is 5.91 Å². The van der Waals surface area contributed by atoms with Gasteiger partial charge < -0.3 is 5.32 Å². The smallest absolute Gasteiger partial charge is 0.265 e. The maximum atomic E-state index is 12.4. The molecule has 1 aliphatic carbocycles. The molecule has 20 heavy (non-hydrogen) atoms. The van der Waals surface area contributed by atoms with Crippen LogP contribution in [0.3, 0.4) is 0 Å². The number of thiophene rings is 1. The molecule has 2 aromatic rings. The standard InChI is InChI=1S/C16H16BrNOS/c1-9-6-10(2)15(12(17)7-9)18-16(19)14-8-11-4-3-5-13(11)20-14/h6-8H,3-5H2,1-2H3,(H,18,19). The molecule has 0 bridgehead atoms. The van der Waals surface area contributed by atoms with Gasteiger partial charge >= 0.3 is 0 Å². The number of benzene rings is 1. The van der Waals surface area contributed by atoms with Crippen molar-refractivity contribution in [3.8, 4) is 0 Å². The van der Waals surface area contributed by atoms with Crippen molar-refractivity contribution >= 4 is 38.9 Å². The van der Waals surface area contributed by atoms with E-state index in [1.807, 2.05) is 19.9 Å². The lowest BCUT2D eigenvalue weighted by atomic mass is 10.1. The van der Waals surface area contributed by atoms with E-state index in [0.717, 1.165) is 33.4 Å². The molecule has 0 unspecified atom stereocenters. The fourth-order valence-corrected chi connectivity index (χ4v) is 4.61. The van der Waals surface area contributed by atoms with Crippen LogP contribution in [0.25, 0.3) is 0 Å². The molecule has 1 aromatic carbocycles. The van der Waals surface area contributed by atoms with Gasteiger partial charge in [-0.2, -0.15) is 0 Å². The third-order valence-electron chi connectivity index (χ3n) is 3.64. The molecule has 0 atom stereocenters. The Labute approximate surface area is 131 Å². The van der Waals surface area contributed by atoms with Crippen molar-refractivity contribution in [1.29, 1.82) is 0 Å². The second kappa shape index (κ2) is 5.34. The summed E-state index contributed by atoms with van der Waals surface area (Å²) in [6, 6.07) is 6.16. The first kappa shape index (κ1) is 13.8. The largest absolute Gasteiger partial charge is 0.320 e. The lowest BCUT2D eigenvalue weighted by Crippen LogP contribution is -2.12. The number of fused-ring (bicyclic) bond motifs is 1. The van der Waals surface area contributed by atoms with Crippen LogP contribution in [0, 0.1) is 13.8 Å². The average molecular weight is 350 g/mol. The lowest BCUT2D eigenvalue weighted by molar-refractivity contribution is 0.103. The quantitative estimate of drug-likeness (QED) is 0.823. The summed E-state index contributed by atoms with van der Waals surface area (Å²) in [5.41, 5.74) is 4.49. The summed E-state index contributed by atoms with van der Waals surface area (Å²) >= 11 is 5.17. The Balaban J connectivity index is 1.85. The van der Waals surface area contributed by atoms with Gasteiger partial charge in [-0.25, -0.2) is 0 Å². The molecular formula is C16H16BrNOS. The predicted octanol–water partition coefficient (Wildman–Crippen LogP) is 4.87. The molecule has 104 valence electrons. The summed E-state index contributed by atoms with van der Waals surface area (Å²) in [6.45, 7) is 4.06. The number of nitrogens with one attached hydrogen (secondary N) is 1. The first-order chi connectivity index (χ1) is 9.54. The van der Waals surface area contributed by atoms with Gasteiger partial charge in [0.25, 0.3) is 5.91 Å².